The molecule has 0 radical (unpaired) electrons. The molecule has 0 bridgehead atoms. The van der Waals surface area contributed by atoms with Crippen molar-refractivity contribution in [3.05, 3.63) is 0 Å². The molecule has 0 aliphatic carbocycles. The van der Waals surface area contributed by atoms with Crippen molar-refractivity contribution in [2.45, 2.75) is 363 Å². The molecule has 3 N–H and O–H groups in total. The van der Waals surface area contributed by atoms with Gasteiger partial charge in [-0.3, -0.25) is 37.3 Å². The molecule has 0 saturated heterocycles. The molecule has 5 atom stereocenters. The van der Waals surface area contributed by atoms with E-state index in [1.165, 1.54) is 148 Å². The van der Waals surface area contributed by atoms with Crippen molar-refractivity contribution in [1.82, 2.24) is 0 Å². The quantitative estimate of drug-likeness (QED) is 0.0222. The molecular weight excluding hydrogens is 1170 g/mol. The number of rotatable bonds is 67. The van der Waals surface area contributed by atoms with Crippen LogP contribution in [0.2, 0.25) is 0 Å². The van der Waals surface area contributed by atoms with Crippen molar-refractivity contribution >= 4 is 39.5 Å². The molecule has 0 spiro atoms. The van der Waals surface area contributed by atoms with Crippen LogP contribution in [-0.4, -0.2) is 96.7 Å². The Hall–Kier alpha value is -1.94. The van der Waals surface area contributed by atoms with Crippen molar-refractivity contribution in [3.8, 4) is 0 Å². The van der Waals surface area contributed by atoms with Gasteiger partial charge < -0.3 is 33.8 Å². The fraction of sp³-hybridized carbons (Fsp3) is 0.943. The molecule has 0 rings (SSSR count). The van der Waals surface area contributed by atoms with Crippen LogP contribution in [0.25, 0.3) is 0 Å². The zero-order valence-corrected chi connectivity index (χ0v) is 59.8. The molecule has 0 heterocycles. The Bertz CT molecular complexity index is 1760. The van der Waals surface area contributed by atoms with E-state index in [1.54, 1.807) is 0 Å². The lowest BCUT2D eigenvalue weighted by Crippen LogP contribution is -2.30. The summed E-state index contributed by atoms with van der Waals surface area (Å²) in [4.78, 5) is 72.5. The summed E-state index contributed by atoms with van der Waals surface area (Å²) in [6.45, 7) is 14.0. The Morgan fingerprint density at radius 1 is 0.281 bits per heavy atom. The largest absolute Gasteiger partial charge is 0.472 e. The average molecular weight is 1310 g/mol. The van der Waals surface area contributed by atoms with Gasteiger partial charge in [0.2, 0.25) is 0 Å². The second-order valence-electron chi connectivity index (χ2n) is 27.2. The third-order valence-electron chi connectivity index (χ3n) is 16.1. The van der Waals surface area contributed by atoms with Gasteiger partial charge in [0.15, 0.2) is 12.2 Å². The van der Waals surface area contributed by atoms with Gasteiger partial charge in [-0.1, -0.05) is 293 Å². The molecule has 3 unspecified atom stereocenters. The number of ether oxygens (including phenoxy) is 4. The summed E-state index contributed by atoms with van der Waals surface area (Å²) in [6.07, 6.45) is 41.8. The summed E-state index contributed by atoms with van der Waals surface area (Å²) < 4.78 is 68.2. The van der Waals surface area contributed by atoms with Crippen LogP contribution < -0.4 is 0 Å². The highest BCUT2D eigenvalue weighted by molar-refractivity contribution is 7.47. The lowest BCUT2D eigenvalue weighted by atomic mass is 10.0. The van der Waals surface area contributed by atoms with Gasteiger partial charge in [-0.15, -0.1) is 0 Å². The summed E-state index contributed by atoms with van der Waals surface area (Å²) in [5.41, 5.74) is 0. The fourth-order valence-corrected chi connectivity index (χ4v) is 12.1. The van der Waals surface area contributed by atoms with Crippen molar-refractivity contribution in [1.29, 1.82) is 0 Å². The lowest BCUT2D eigenvalue weighted by molar-refractivity contribution is -0.161. The van der Waals surface area contributed by atoms with Crippen LogP contribution in [-0.2, 0) is 65.4 Å². The van der Waals surface area contributed by atoms with Crippen LogP contribution >= 0.6 is 15.6 Å². The first-order valence-corrected chi connectivity index (χ1v) is 39.2. The Morgan fingerprint density at radius 2 is 0.472 bits per heavy atom. The number of carbonyl (C=O) groups excluding carboxylic acids is 4. The number of esters is 4. The minimum atomic E-state index is -4.95. The van der Waals surface area contributed by atoms with Gasteiger partial charge in [0.05, 0.1) is 26.4 Å². The number of phosphoric acid groups is 2. The zero-order valence-electron chi connectivity index (χ0n) is 58.1. The number of aliphatic hydroxyl groups excluding tert-OH is 1. The van der Waals surface area contributed by atoms with E-state index < -0.39 is 97.5 Å². The maximum atomic E-state index is 13.0. The molecule has 89 heavy (non-hydrogen) atoms. The van der Waals surface area contributed by atoms with Gasteiger partial charge in [-0.25, -0.2) is 9.13 Å². The van der Waals surface area contributed by atoms with E-state index in [-0.39, 0.29) is 25.7 Å². The predicted octanol–water partition coefficient (Wildman–Crippen LogP) is 19.7. The van der Waals surface area contributed by atoms with Gasteiger partial charge in [-0.05, 0) is 49.4 Å². The van der Waals surface area contributed by atoms with Gasteiger partial charge in [0.1, 0.15) is 19.3 Å². The van der Waals surface area contributed by atoms with E-state index in [1.807, 2.05) is 0 Å². The van der Waals surface area contributed by atoms with Crippen molar-refractivity contribution in [2.24, 2.45) is 23.7 Å². The summed E-state index contributed by atoms with van der Waals surface area (Å²) in [5.74, 6) is 0.818. The maximum absolute atomic E-state index is 13.0. The van der Waals surface area contributed by atoms with E-state index in [0.717, 1.165) is 108 Å². The van der Waals surface area contributed by atoms with Crippen LogP contribution in [0.4, 0.5) is 0 Å². The molecule has 0 aromatic heterocycles. The number of unbranched alkanes of at least 4 members (excludes halogenated alkanes) is 33. The van der Waals surface area contributed by atoms with E-state index in [2.05, 4.69) is 55.4 Å². The Morgan fingerprint density at radius 3 is 0.697 bits per heavy atom. The minimum Gasteiger partial charge on any atom is -0.462 e. The van der Waals surface area contributed by atoms with Gasteiger partial charge in [0, 0.05) is 25.7 Å². The number of aliphatic hydroxyl groups is 1. The van der Waals surface area contributed by atoms with E-state index >= 15 is 0 Å². The smallest absolute Gasteiger partial charge is 0.462 e. The average Bonchev–Trinajstić information content (AvgIpc) is 3.70. The first kappa shape index (κ1) is 87.1. The standard InChI is InChI=1S/C70H136O17P2/c1-60(2)46-38-30-22-15-12-10-9-11-13-17-26-34-42-50-67(72)80-56-65(86-69(74)52-44-36-28-18-14-16-23-31-39-47-61(3)4)58-84-88(76,77)82-54-64(71)55-83-89(78,79)85-59-66(87-70(75)53-45-37-29-21-25-33-41-49-63(7)8)57-81-68(73)51-43-35-27-20-19-24-32-40-48-62(5)6/h60-66,71H,9-59H2,1-8H3,(H,76,77)(H,78,79)/t64?,65-,66-/m1/s1. The normalized spacial score (nSPS) is 14.3. The van der Waals surface area contributed by atoms with Gasteiger partial charge in [0.25, 0.3) is 0 Å². The molecule has 0 aliphatic rings. The maximum Gasteiger partial charge on any atom is 0.472 e. The molecule has 19 heteroatoms. The van der Waals surface area contributed by atoms with Gasteiger partial charge in [-0.2, -0.15) is 0 Å². The predicted molar refractivity (Wildman–Crippen MR) is 358 cm³/mol. The summed E-state index contributed by atoms with van der Waals surface area (Å²) in [6, 6.07) is 0. The SMILES string of the molecule is CC(C)CCCCCCCCCCCCCCCC(=O)OC[C@H](COP(=O)(O)OCC(O)COP(=O)(O)OC[C@@H](COC(=O)CCCCCCCCCCC(C)C)OC(=O)CCCCCCCCCC(C)C)OC(=O)CCCCCCCCCCCC(C)C. The lowest BCUT2D eigenvalue weighted by Gasteiger charge is -2.21. The molecule has 0 aliphatic heterocycles. The van der Waals surface area contributed by atoms with Crippen LogP contribution in [0.5, 0.6) is 0 Å². The Balaban J connectivity index is 5.23. The molecule has 528 valence electrons. The molecule has 0 fully saturated rings. The van der Waals surface area contributed by atoms with Crippen molar-refractivity contribution in [2.75, 3.05) is 39.6 Å². The van der Waals surface area contributed by atoms with Crippen LogP contribution in [0.1, 0.15) is 344 Å². The second-order valence-corrected chi connectivity index (χ2v) is 30.1. The minimum absolute atomic E-state index is 0.102. The molecule has 0 amide bonds. The number of hydrogen-bond donors (Lipinski definition) is 3. The Kier molecular flexibility index (Phi) is 58.5. The number of phosphoric ester groups is 2. The number of hydrogen-bond acceptors (Lipinski definition) is 15. The third-order valence-corrected chi connectivity index (χ3v) is 18.0. The third kappa shape index (κ3) is 64.6. The number of carbonyl (C=O) groups is 4. The van der Waals surface area contributed by atoms with E-state index in [9.17, 15) is 43.2 Å². The molecule has 0 aromatic rings. The van der Waals surface area contributed by atoms with Crippen LogP contribution in [0, 0.1) is 23.7 Å². The highest BCUT2D eigenvalue weighted by Crippen LogP contribution is 2.45. The summed E-state index contributed by atoms with van der Waals surface area (Å²) >= 11 is 0. The van der Waals surface area contributed by atoms with Gasteiger partial charge >= 0.3 is 39.5 Å². The molecule has 0 saturated carbocycles. The monoisotopic (exact) mass is 1310 g/mol. The van der Waals surface area contributed by atoms with Crippen molar-refractivity contribution in [3.63, 3.8) is 0 Å². The fourth-order valence-electron chi connectivity index (χ4n) is 10.5. The van der Waals surface area contributed by atoms with E-state index in [4.69, 9.17) is 37.0 Å². The highest BCUT2D eigenvalue weighted by Gasteiger charge is 2.30. The second kappa shape index (κ2) is 59.8. The van der Waals surface area contributed by atoms with Crippen molar-refractivity contribution < 1.29 is 80.2 Å². The summed E-state index contributed by atoms with van der Waals surface area (Å²) in [5, 5.41) is 10.6. The molecular formula is C70H136O17P2. The highest BCUT2D eigenvalue weighted by atomic mass is 31.2. The first-order valence-electron chi connectivity index (χ1n) is 36.2. The summed E-state index contributed by atoms with van der Waals surface area (Å²) in [7, 11) is -9.90. The molecule has 17 nitrogen and oxygen atoms in total. The first-order chi connectivity index (χ1) is 42.6. The van der Waals surface area contributed by atoms with Crippen LogP contribution in [0.15, 0.2) is 0 Å². The zero-order chi connectivity index (χ0) is 66.1. The van der Waals surface area contributed by atoms with E-state index in [0.29, 0.717) is 31.6 Å². The van der Waals surface area contributed by atoms with Crippen LogP contribution in [0.3, 0.4) is 0 Å². The topological polar surface area (TPSA) is 237 Å². The Labute approximate surface area is 543 Å². The molecule has 0 aromatic carbocycles.